The van der Waals surface area contributed by atoms with Crippen molar-refractivity contribution in [3.63, 3.8) is 0 Å². The van der Waals surface area contributed by atoms with E-state index in [1.807, 2.05) is 38.1 Å². The summed E-state index contributed by atoms with van der Waals surface area (Å²) in [5.41, 5.74) is 6.59. The molecule has 1 aromatic carbocycles. The Kier molecular flexibility index (Phi) is 6.52. The van der Waals surface area contributed by atoms with Gasteiger partial charge in [0, 0.05) is 18.5 Å². The number of ether oxygens (including phenoxy) is 1. The summed E-state index contributed by atoms with van der Waals surface area (Å²) >= 11 is 0. The van der Waals surface area contributed by atoms with E-state index in [1.54, 1.807) is 0 Å². The molecule has 1 amide bonds. The van der Waals surface area contributed by atoms with E-state index in [0.717, 1.165) is 30.8 Å². The average Bonchev–Trinajstić information content (AvgIpc) is 2.41. The Balaban J connectivity index is 2.32. The molecular weight excluding hydrogens is 252 g/mol. The van der Waals surface area contributed by atoms with Gasteiger partial charge in [0.1, 0.15) is 5.75 Å². The molecule has 0 aliphatic rings. The first-order valence-electron chi connectivity index (χ1n) is 7.18. The lowest BCUT2D eigenvalue weighted by Gasteiger charge is -2.18. The maximum absolute atomic E-state index is 11.7. The molecule has 0 radical (unpaired) electrons. The first-order chi connectivity index (χ1) is 9.40. The Labute approximate surface area is 121 Å². The van der Waals surface area contributed by atoms with Crippen molar-refractivity contribution in [2.45, 2.75) is 45.6 Å². The fraction of sp³-hybridized carbons (Fsp3) is 0.562. The summed E-state index contributed by atoms with van der Waals surface area (Å²) < 4.78 is 5.52. The van der Waals surface area contributed by atoms with Crippen LogP contribution in [0.15, 0.2) is 24.3 Å². The van der Waals surface area contributed by atoms with Crippen LogP contribution in [0.5, 0.6) is 5.75 Å². The summed E-state index contributed by atoms with van der Waals surface area (Å²) in [6.45, 7) is 7.09. The van der Waals surface area contributed by atoms with E-state index in [-0.39, 0.29) is 11.4 Å². The third kappa shape index (κ3) is 7.14. The molecule has 0 heterocycles. The number of nitrogens with two attached hydrogens (primary N) is 1. The Morgan fingerprint density at radius 1 is 1.30 bits per heavy atom. The van der Waals surface area contributed by atoms with Crippen molar-refractivity contribution in [3.05, 3.63) is 29.8 Å². The third-order valence-corrected chi connectivity index (χ3v) is 2.78. The van der Waals surface area contributed by atoms with Crippen LogP contribution in [0.4, 0.5) is 0 Å². The van der Waals surface area contributed by atoms with Crippen LogP contribution in [0.3, 0.4) is 0 Å². The van der Waals surface area contributed by atoms with Crippen molar-refractivity contribution in [1.29, 1.82) is 0 Å². The standard InChI is InChI=1S/C16H26N2O2/c1-4-11-20-14-8-5-13(6-9-14)7-10-15(19)18-12-16(2,3)17/h5-6,8-9H,4,7,10-12,17H2,1-3H3,(H,18,19). The van der Waals surface area contributed by atoms with Gasteiger partial charge in [-0.1, -0.05) is 19.1 Å². The molecule has 4 heteroatoms. The number of carbonyl (C=O) groups excluding carboxylic acids is 1. The molecule has 0 aromatic heterocycles. The predicted molar refractivity (Wildman–Crippen MR) is 81.8 cm³/mol. The molecular formula is C16H26N2O2. The monoisotopic (exact) mass is 278 g/mol. The second-order valence-corrected chi connectivity index (χ2v) is 5.76. The van der Waals surface area contributed by atoms with E-state index in [9.17, 15) is 4.79 Å². The molecule has 112 valence electrons. The van der Waals surface area contributed by atoms with E-state index in [1.165, 1.54) is 0 Å². The summed E-state index contributed by atoms with van der Waals surface area (Å²) in [7, 11) is 0. The molecule has 0 saturated heterocycles. The maximum atomic E-state index is 11.7. The summed E-state index contributed by atoms with van der Waals surface area (Å²) in [5.74, 6) is 0.916. The van der Waals surface area contributed by atoms with Gasteiger partial charge in [0.05, 0.1) is 6.61 Å². The number of benzene rings is 1. The van der Waals surface area contributed by atoms with E-state index < -0.39 is 0 Å². The van der Waals surface area contributed by atoms with Gasteiger partial charge < -0.3 is 15.8 Å². The molecule has 0 fully saturated rings. The zero-order valence-corrected chi connectivity index (χ0v) is 12.7. The van der Waals surface area contributed by atoms with Crippen LogP contribution in [0.1, 0.15) is 39.2 Å². The van der Waals surface area contributed by atoms with E-state index in [4.69, 9.17) is 10.5 Å². The van der Waals surface area contributed by atoms with E-state index in [0.29, 0.717) is 13.0 Å². The predicted octanol–water partition coefficient (Wildman–Crippen LogP) is 2.26. The van der Waals surface area contributed by atoms with Gasteiger partial charge in [-0.15, -0.1) is 0 Å². The first-order valence-corrected chi connectivity index (χ1v) is 7.18. The molecule has 0 unspecified atom stereocenters. The lowest BCUT2D eigenvalue weighted by atomic mass is 10.1. The van der Waals surface area contributed by atoms with Crippen molar-refractivity contribution < 1.29 is 9.53 Å². The van der Waals surface area contributed by atoms with Crippen molar-refractivity contribution in [3.8, 4) is 5.75 Å². The molecule has 0 aliphatic heterocycles. The van der Waals surface area contributed by atoms with Crippen molar-refractivity contribution in [2.24, 2.45) is 5.73 Å². The quantitative estimate of drug-likeness (QED) is 0.766. The molecule has 0 spiro atoms. The smallest absolute Gasteiger partial charge is 0.220 e. The highest BCUT2D eigenvalue weighted by Crippen LogP contribution is 2.13. The van der Waals surface area contributed by atoms with Crippen LogP contribution in [-0.2, 0) is 11.2 Å². The van der Waals surface area contributed by atoms with Gasteiger partial charge in [0.25, 0.3) is 0 Å². The van der Waals surface area contributed by atoms with Crippen molar-refractivity contribution in [1.82, 2.24) is 5.32 Å². The van der Waals surface area contributed by atoms with Crippen molar-refractivity contribution >= 4 is 5.91 Å². The second kappa shape index (κ2) is 7.90. The summed E-state index contributed by atoms with van der Waals surface area (Å²) in [6, 6.07) is 7.91. The van der Waals surface area contributed by atoms with Crippen LogP contribution in [-0.4, -0.2) is 24.6 Å². The minimum atomic E-state index is -0.367. The highest BCUT2D eigenvalue weighted by Gasteiger charge is 2.12. The fourth-order valence-electron chi connectivity index (χ4n) is 1.64. The maximum Gasteiger partial charge on any atom is 0.220 e. The molecule has 1 rings (SSSR count). The third-order valence-electron chi connectivity index (χ3n) is 2.78. The van der Waals surface area contributed by atoms with Gasteiger partial charge in [-0.05, 0) is 44.4 Å². The lowest BCUT2D eigenvalue weighted by Crippen LogP contribution is -2.45. The van der Waals surface area contributed by atoms with E-state index >= 15 is 0 Å². The van der Waals surface area contributed by atoms with E-state index in [2.05, 4.69) is 12.2 Å². The fourth-order valence-corrected chi connectivity index (χ4v) is 1.64. The number of hydrogen-bond donors (Lipinski definition) is 2. The Bertz CT molecular complexity index is 407. The largest absolute Gasteiger partial charge is 0.494 e. The van der Waals surface area contributed by atoms with Crippen LogP contribution in [0.2, 0.25) is 0 Å². The molecule has 4 nitrogen and oxygen atoms in total. The normalized spacial score (nSPS) is 11.2. The summed E-state index contributed by atoms with van der Waals surface area (Å²) in [5, 5.41) is 2.84. The zero-order valence-electron chi connectivity index (χ0n) is 12.7. The van der Waals surface area contributed by atoms with Crippen LogP contribution in [0.25, 0.3) is 0 Å². The first kappa shape index (κ1) is 16.5. The zero-order chi connectivity index (χ0) is 15.0. The van der Waals surface area contributed by atoms with Gasteiger partial charge in [-0.3, -0.25) is 4.79 Å². The van der Waals surface area contributed by atoms with Crippen LogP contribution >= 0.6 is 0 Å². The molecule has 1 aromatic rings. The summed E-state index contributed by atoms with van der Waals surface area (Å²) in [6.07, 6.45) is 2.20. The van der Waals surface area contributed by atoms with Gasteiger partial charge in [0.15, 0.2) is 0 Å². The SMILES string of the molecule is CCCOc1ccc(CCC(=O)NCC(C)(C)N)cc1. The molecule has 0 bridgehead atoms. The van der Waals surface area contributed by atoms with Gasteiger partial charge in [0.2, 0.25) is 5.91 Å². The Hall–Kier alpha value is -1.55. The minimum absolute atomic E-state index is 0.0369. The lowest BCUT2D eigenvalue weighted by molar-refractivity contribution is -0.121. The number of rotatable bonds is 8. The number of aryl methyl sites for hydroxylation is 1. The number of carbonyl (C=O) groups is 1. The number of amides is 1. The average molecular weight is 278 g/mol. The Morgan fingerprint density at radius 2 is 1.95 bits per heavy atom. The van der Waals surface area contributed by atoms with Gasteiger partial charge in [-0.25, -0.2) is 0 Å². The topological polar surface area (TPSA) is 64.3 Å². The van der Waals surface area contributed by atoms with Gasteiger partial charge in [-0.2, -0.15) is 0 Å². The Morgan fingerprint density at radius 3 is 2.50 bits per heavy atom. The molecule has 0 aliphatic carbocycles. The minimum Gasteiger partial charge on any atom is -0.494 e. The number of nitrogens with one attached hydrogen (secondary N) is 1. The highest BCUT2D eigenvalue weighted by molar-refractivity contribution is 5.76. The number of hydrogen-bond acceptors (Lipinski definition) is 3. The second-order valence-electron chi connectivity index (χ2n) is 5.76. The van der Waals surface area contributed by atoms with Crippen LogP contribution in [0, 0.1) is 0 Å². The molecule has 0 saturated carbocycles. The van der Waals surface area contributed by atoms with Crippen molar-refractivity contribution in [2.75, 3.05) is 13.2 Å². The highest BCUT2D eigenvalue weighted by atomic mass is 16.5. The molecule has 3 N–H and O–H groups in total. The van der Waals surface area contributed by atoms with Crippen LogP contribution < -0.4 is 15.8 Å². The van der Waals surface area contributed by atoms with Gasteiger partial charge >= 0.3 is 0 Å². The molecule has 0 atom stereocenters. The molecule has 20 heavy (non-hydrogen) atoms. The summed E-state index contributed by atoms with van der Waals surface area (Å²) in [4.78, 5) is 11.7.